The smallest absolute Gasteiger partial charge is 0.195 e. The minimum atomic E-state index is 0.724. The number of benzene rings is 2. The highest BCUT2D eigenvalue weighted by molar-refractivity contribution is 5.94. The van der Waals surface area contributed by atoms with Crippen molar-refractivity contribution in [2.24, 2.45) is 4.99 Å². The van der Waals surface area contributed by atoms with E-state index in [2.05, 4.69) is 15.6 Å². The second-order valence-corrected chi connectivity index (χ2v) is 4.48. The predicted octanol–water partition coefficient (Wildman–Crippen LogP) is 2.43. The normalized spacial score (nSPS) is 13.5. The van der Waals surface area contributed by atoms with E-state index in [0.29, 0.717) is 0 Å². The van der Waals surface area contributed by atoms with Crippen LogP contribution in [0, 0.1) is 0 Å². The zero-order valence-corrected chi connectivity index (χ0v) is 11.0. The average molecular weight is 268 g/mol. The zero-order valence-electron chi connectivity index (χ0n) is 11.0. The van der Waals surface area contributed by atoms with Crippen LogP contribution >= 0.6 is 0 Å². The molecule has 0 aliphatic carbocycles. The first-order valence-corrected chi connectivity index (χ1v) is 6.48. The van der Waals surface area contributed by atoms with Crippen molar-refractivity contribution in [3.8, 4) is 11.5 Å². The van der Waals surface area contributed by atoms with Gasteiger partial charge in [-0.3, -0.25) is 4.99 Å². The van der Waals surface area contributed by atoms with Gasteiger partial charge in [-0.25, -0.2) is 0 Å². The standard InChI is InChI=1S/C15H16N4O/c16-11-1-5-13(6-2-11)20-14-7-3-12(4-8-14)19-15-17-9-10-18-15/h1-8H,9-10,16H2,(H2,17,18,19). The van der Waals surface area contributed by atoms with Crippen molar-refractivity contribution >= 4 is 17.3 Å². The summed E-state index contributed by atoms with van der Waals surface area (Å²) in [5.74, 6) is 2.36. The maximum Gasteiger partial charge on any atom is 0.195 e. The number of ether oxygens (including phenoxy) is 1. The molecule has 0 amide bonds. The van der Waals surface area contributed by atoms with Crippen molar-refractivity contribution in [2.45, 2.75) is 0 Å². The number of nitrogens with one attached hydrogen (secondary N) is 2. The summed E-state index contributed by atoms with van der Waals surface area (Å²) in [6.07, 6.45) is 0. The van der Waals surface area contributed by atoms with Crippen LogP contribution in [0.2, 0.25) is 0 Å². The molecule has 1 aliphatic heterocycles. The Labute approximate surface area is 117 Å². The highest BCUT2D eigenvalue weighted by atomic mass is 16.5. The van der Waals surface area contributed by atoms with Crippen molar-refractivity contribution in [1.82, 2.24) is 5.32 Å². The van der Waals surface area contributed by atoms with Crippen LogP contribution in [0.25, 0.3) is 0 Å². The molecule has 0 unspecified atom stereocenters. The monoisotopic (exact) mass is 268 g/mol. The minimum absolute atomic E-state index is 0.724. The second-order valence-electron chi connectivity index (χ2n) is 4.48. The molecule has 102 valence electrons. The summed E-state index contributed by atoms with van der Waals surface area (Å²) >= 11 is 0. The quantitative estimate of drug-likeness (QED) is 0.748. The van der Waals surface area contributed by atoms with E-state index in [-0.39, 0.29) is 0 Å². The molecule has 3 rings (SSSR count). The van der Waals surface area contributed by atoms with Gasteiger partial charge in [0.2, 0.25) is 0 Å². The van der Waals surface area contributed by atoms with Crippen molar-refractivity contribution in [3.63, 3.8) is 0 Å². The Bertz CT molecular complexity index is 605. The Balaban J connectivity index is 1.65. The molecule has 0 spiro atoms. The third-order valence-corrected chi connectivity index (χ3v) is 2.91. The molecule has 5 heteroatoms. The van der Waals surface area contributed by atoms with E-state index < -0.39 is 0 Å². The summed E-state index contributed by atoms with van der Waals surface area (Å²) in [5.41, 5.74) is 7.34. The van der Waals surface area contributed by atoms with Crippen LogP contribution in [0.4, 0.5) is 11.4 Å². The molecule has 0 saturated heterocycles. The second kappa shape index (κ2) is 5.52. The van der Waals surface area contributed by atoms with Gasteiger partial charge in [-0.15, -0.1) is 0 Å². The lowest BCUT2D eigenvalue weighted by atomic mass is 10.3. The summed E-state index contributed by atoms with van der Waals surface area (Å²) in [5, 5.41) is 6.37. The van der Waals surface area contributed by atoms with E-state index in [9.17, 15) is 0 Å². The number of hydrogen-bond donors (Lipinski definition) is 3. The lowest BCUT2D eigenvalue weighted by molar-refractivity contribution is 0.483. The predicted molar refractivity (Wildman–Crippen MR) is 81.3 cm³/mol. The van der Waals surface area contributed by atoms with Crippen molar-refractivity contribution in [1.29, 1.82) is 0 Å². The Morgan fingerprint density at radius 1 is 1.00 bits per heavy atom. The Kier molecular flexibility index (Phi) is 3.41. The minimum Gasteiger partial charge on any atom is -0.457 e. The summed E-state index contributed by atoms with van der Waals surface area (Å²) in [7, 11) is 0. The number of nitrogens with two attached hydrogens (primary N) is 1. The molecular formula is C15H16N4O. The number of rotatable bonds is 3. The number of guanidine groups is 1. The number of nitrogens with zero attached hydrogens (tertiary/aromatic N) is 1. The van der Waals surface area contributed by atoms with Gasteiger partial charge in [0.1, 0.15) is 11.5 Å². The number of aliphatic imine (C=N–C) groups is 1. The molecule has 0 atom stereocenters. The SMILES string of the molecule is Nc1ccc(Oc2ccc(NC3=NCCN3)cc2)cc1. The Hall–Kier alpha value is -2.69. The highest BCUT2D eigenvalue weighted by Gasteiger charge is 2.04. The highest BCUT2D eigenvalue weighted by Crippen LogP contribution is 2.23. The molecule has 4 N–H and O–H groups in total. The van der Waals surface area contributed by atoms with E-state index >= 15 is 0 Å². The van der Waals surface area contributed by atoms with Crippen molar-refractivity contribution in [2.75, 3.05) is 24.1 Å². The molecule has 0 bridgehead atoms. The fraction of sp³-hybridized carbons (Fsp3) is 0.133. The topological polar surface area (TPSA) is 71.7 Å². The van der Waals surface area contributed by atoms with Crippen LogP contribution in [0.15, 0.2) is 53.5 Å². The number of nitrogen functional groups attached to an aromatic ring is 1. The van der Waals surface area contributed by atoms with Gasteiger partial charge < -0.3 is 21.1 Å². The Morgan fingerprint density at radius 2 is 1.65 bits per heavy atom. The first-order chi connectivity index (χ1) is 9.79. The number of hydrogen-bond acceptors (Lipinski definition) is 5. The third-order valence-electron chi connectivity index (χ3n) is 2.91. The average Bonchev–Trinajstić information content (AvgIpc) is 2.96. The fourth-order valence-electron chi connectivity index (χ4n) is 1.90. The van der Waals surface area contributed by atoms with E-state index in [1.54, 1.807) is 0 Å². The lowest BCUT2D eigenvalue weighted by Gasteiger charge is -2.09. The third kappa shape index (κ3) is 3.00. The molecule has 20 heavy (non-hydrogen) atoms. The molecule has 1 heterocycles. The van der Waals surface area contributed by atoms with Gasteiger partial charge in [0, 0.05) is 17.9 Å². The van der Waals surface area contributed by atoms with E-state index in [1.807, 2.05) is 48.5 Å². The number of anilines is 2. The molecule has 5 nitrogen and oxygen atoms in total. The molecule has 0 aromatic heterocycles. The van der Waals surface area contributed by atoms with Crippen LogP contribution < -0.4 is 21.1 Å². The molecule has 0 saturated carbocycles. The molecule has 2 aromatic carbocycles. The van der Waals surface area contributed by atoms with Gasteiger partial charge in [-0.2, -0.15) is 0 Å². The maximum atomic E-state index is 5.73. The van der Waals surface area contributed by atoms with E-state index in [4.69, 9.17) is 10.5 Å². The molecule has 2 aromatic rings. The first kappa shape index (κ1) is 12.3. The van der Waals surface area contributed by atoms with Crippen molar-refractivity contribution in [3.05, 3.63) is 48.5 Å². The van der Waals surface area contributed by atoms with Crippen LogP contribution in [-0.2, 0) is 0 Å². The van der Waals surface area contributed by atoms with Gasteiger partial charge in [-0.05, 0) is 48.5 Å². The zero-order chi connectivity index (χ0) is 13.8. The van der Waals surface area contributed by atoms with E-state index in [0.717, 1.165) is 41.9 Å². The van der Waals surface area contributed by atoms with Gasteiger partial charge >= 0.3 is 0 Å². The summed E-state index contributed by atoms with van der Waals surface area (Å²) < 4.78 is 5.73. The van der Waals surface area contributed by atoms with Gasteiger partial charge in [-0.1, -0.05) is 0 Å². The van der Waals surface area contributed by atoms with Crippen LogP contribution in [-0.4, -0.2) is 19.0 Å². The van der Waals surface area contributed by atoms with E-state index in [1.165, 1.54) is 0 Å². The maximum absolute atomic E-state index is 5.73. The van der Waals surface area contributed by atoms with Crippen LogP contribution in [0.3, 0.4) is 0 Å². The molecule has 0 radical (unpaired) electrons. The van der Waals surface area contributed by atoms with Gasteiger partial charge in [0.15, 0.2) is 5.96 Å². The van der Waals surface area contributed by atoms with Gasteiger partial charge in [0.25, 0.3) is 0 Å². The Morgan fingerprint density at radius 3 is 2.25 bits per heavy atom. The fourth-order valence-corrected chi connectivity index (χ4v) is 1.90. The lowest BCUT2D eigenvalue weighted by Crippen LogP contribution is -2.26. The summed E-state index contributed by atoms with van der Waals surface area (Å²) in [6, 6.07) is 15.0. The summed E-state index contributed by atoms with van der Waals surface area (Å²) in [6.45, 7) is 1.71. The van der Waals surface area contributed by atoms with Crippen molar-refractivity contribution < 1.29 is 4.74 Å². The van der Waals surface area contributed by atoms with Crippen LogP contribution in [0.1, 0.15) is 0 Å². The van der Waals surface area contributed by atoms with Crippen LogP contribution in [0.5, 0.6) is 11.5 Å². The van der Waals surface area contributed by atoms with Gasteiger partial charge in [0.05, 0.1) is 6.54 Å². The molecule has 0 fully saturated rings. The molecule has 1 aliphatic rings. The largest absolute Gasteiger partial charge is 0.457 e. The first-order valence-electron chi connectivity index (χ1n) is 6.48. The summed E-state index contributed by atoms with van der Waals surface area (Å²) in [4.78, 5) is 4.28. The molecular weight excluding hydrogens is 252 g/mol.